The fraction of sp³-hybridized carbons (Fsp3) is 0.520. The van der Waals surface area contributed by atoms with E-state index in [1.165, 1.54) is 5.56 Å². The first kappa shape index (κ1) is 23.4. The van der Waals surface area contributed by atoms with Gasteiger partial charge in [0, 0.05) is 5.56 Å². The molecule has 0 aliphatic carbocycles. The lowest BCUT2D eigenvalue weighted by atomic mass is 9.89. The Hall–Kier alpha value is -1.88. The van der Waals surface area contributed by atoms with E-state index >= 15 is 0 Å². The van der Waals surface area contributed by atoms with Crippen molar-refractivity contribution in [2.75, 3.05) is 0 Å². The number of hydrogen-bond acceptors (Lipinski definition) is 4. The Labute approximate surface area is 175 Å². The third-order valence-electron chi connectivity index (χ3n) is 5.96. The molecular weight excluding hydrogens is 364 g/mol. The van der Waals surface area contributed by atoms with Crippen LogP contribution in [-0.2, 0) is 6.61 Å². The predicted molar refractivity (Wildman–Crippen MR) is 117 cm³/mol. The quantitative estimate of drug-likeness (QED) is 0.327. The first-order valence-corrected chi connectivity index (χ1v) is 10.8. The number of ether oxygens (including phenoxy) is 1. The van der Waals surface area contributed by atoms with E-state index in [0.717, 1.165) is 49.8 Å². The van der Waals surface area contributed by atoms with Gasteiger partial charge in [-0.1, -0.05) is 70.0 Å². The molecule has 0 spiro atoms. The minimum absolute atomic E-state index is 0.437. The zero-order valence-corrected chi connectivity index (χ0v) is 18.0. The lowest BCUT2D eigenvalue weighted by Gasteiger charge is -2.25. The zero-order chi connectivity index (χ0) is 21.3. The van der Waals surface area contributed by atoms with E-state index in [9.17, 15) is 5.11 Å². The molecule has 29 heavy (non-hydrogen) atoms. The fourth-order valence-corrected chi connectivity index (χ4v) is 3.54. The van der Waals surface area contributed by atoms with Crippen LogP contribution in [0, 0.1) is 0 Å². The molecule has 0 radical (unpaired) electrons. The van der Waals surface area contributed by atoms with Gasteiger partial charge in [0.15, 0.2) is 6.29 Å². The molecule has 2 aromatic rings. The Kier molecular flexibility index (Phi) is 9.15. The van der Waals surface area contributed by atoms with Crippen LogP contribution in [0.1, 0.15) is 88.2 Å². The average Bonchev–Trinajstić information content (AvgIpc) is 2.75. The summed E-state index contributed by atoms with van der Waals surface area (Å²) in [6.07, 6.45) is 4.33. The lowest BCUT2D eigenvalue weighted by molar-refractivity contribution is -0.0425. The summed E-state index contributed by atoms with van der Waals surface area (Å²) >= 11 is 0. The van der Waals surface area contributed by atoms with E-state index < -0.39 is 11.9 Å². The van der Waals surface area contributed by atoms with Gasteiger partial charge in [-0.25, -0.2) is 0 Å². The minimum atomic E-state index is -1.44. The van der Waals surface area contributed by atoms with Crippen LogP contribution in [-0.4, -0.2) is 20.9 Å². The summed E-state index contributed by atoms with van der Waals surface area (Å²) in [5, 5.41) is 28.7. The van der Waals surface area contributed by atoms with E-state index in [0.29, 0.717) is 18.1 Å². The number of hydrogen-bond donors (Lipinski definition) is 3. The van der Waals surface area contributed by atoms with Crippen LogP contribution in [0.3, 0.4) is 0 Å². The van der Waals surface area contributed by atoms with Gasteiger partial charge >= 0.3 is 0 Å². The second-order valence-electron chi connectivity index (χ2n) is 8.05. The van der Waals surface area contributed by atoms with Crippen molar-refractivity contribution in [3.05, 3.63) is 65.2 Å². The molecule has 0 saturated heterocycles. The number of aliphatic hydroxyl groups excluding tert-OH is 1. The Morgan fingerprint density at radius 3 is 2.24 bits per heavy atom. The Balaban J connectivity index is 1.83. The van der Waals surface area contributed by atoms with Gasteiger partial charge in [0.1, 0.15) is 12.4 Å². The predicted octanol–water partition coefficient (Wildman–Crippen LogP) is 5.46. The molecule has 160 valence electrons. The summed E-state index contributed by atoms with van der Waals surface area (Å²) in [6.45, 7) is 6.79. The molecule has 3 N–H and O–H groups in total. The van der Waals surface area contributed by atoms with Gasteiger partial charge in [-0.2, -0.15) is 0 Å². The van der Waals surface area contributed by atoms with Crippen LogP contribution in [0.4, 0.5) is 0 Å². The van der Waals surface area contributed by atoms with Crippen molar-refractivity contribution in [2.24, 2.45) is 0 Å². The molecule has 0 amide bonds. The smallest absolute Gasteiger partial charge is 0.178 e. The monoisotopic (exact) mass is 400 g/mol. The van der Waals surface area contributed by atoms with Gasteiger partial charge in [0.05, 0.1) is 5.60 Å². The highest BCUT2D eigenvalue weighted by atomic mass is 16.5. The van der Waals surface area contributed by atoms with Crippen LogP contribution in [0.5, 0.6) is 5.75 Å². The van der Waals surface area contributed by atoms with Crippen LogP contribution in [0.25, 0.3) is 0 Å². The molecule has 0 aliphatic rings. The van der Waals surface area contributed by atoms with E-state index in [2.05, 4.69) is 32.9 Å². The SMILES string of the molecule is CCC(O)(CC)CCCCC(C)c1cccc(OCc2ccc(C(O)O)cc2)c1. The van der Waals surface area contributed by atoms with E-state index in [-0.39, 0.29) is 0 Å². The van der Waals surface area contributed by atoms with Crippen molar-refractivity contribution in [3.8, 4) is 5.75 Å². The van der Waals surface area contributed by atoms with Gasteiger partial charge in [0.25, 0.3) is 0 Å². The lowest BCUT2D eigenvalue weighted by Crippen LogP contribution is -2.26. The second-order valence-corrected chi connectivity index (χ2v) is 8.05. The molecule has 0 bridgehead atoms. The van der Waals surface area contributed by atoms with Gasteiger partial charge in [0.2, 0.25) is 0 Å². The standard InChI is InChI=1S/C25H36O4/c1-4-25(28,5-2)16-7-6-9-19(3)22-10-8-11-23(17-22)29-18-20-12-14-21(15-13-20)24(26)27/h8,10-15,17,19,24,26-28H,4-7,9,16,18H2,1-3H3. The fourth-order valence-electron chi connectivity index (χ4n) is 3.54. The van der Waals surface area contributed by atoms with Crippen molar-refractivity contribution >= 4 is 0 Å². The molecule has 1 atom stereocenters. The van der Waals surface area contributed by atoms with Crippen molar-refractivity contribution in [1.29, 1.82) is 0 Å². The summed E-state index contributed by atoms with van der Waals surface area (Å²) in [5.74, 6) is 1.28. The van der Waals surface area contributed by atoms with Crippen molar-refractivity contribution in [3.63, 3.8) is 0 Å². The number of unbranched alkanes of at least 4 members (excludes halogenated alkanes) is 1. The largest absolute Gasteiger partial charge is 0.489 e. The second kappa shape index (κ2) is 11.3. The van der Waals surface area contributed by atoms with Crippen molar-refractivity contribution < 1.29 is 20.1 Å². The molecule has 1 unspecified atom stereocenters. The van der Waals surface area contributed by atoms with Gasteiger partial charge in [-0.15, -0.1) is 0 Å². The minimum Gasteiger partial charge on any atom is -0.489 e. The maximum atomic E-state index is 10.4. The maximum absolute atomic E-state index is 10.4. The maximum Gasteiger partial charge on any atom is 0.178 e. The third-order valence-corrected chi connectivity index (χ3v) is 5.96. The van der Waals surface area contributed by atoms with Gasteiger partial charge in [-0.3, -0.25) is 0 Å². The molecule has 0 heterocycles. The van der Waals surface area contributed by atoms with E-state index in [4.69, 9.17) is 14.9 Å². The van der Waals surface area contributed by atoms with Crippen molar-refractivity contribution in [1.82, 2.24) is 0 Å². The topological polar surface area (TPSA) is 69.9 Å². The molecule has 0 fully saturated rings. The van der Waals surface area contributed by atoms with Crippen LogP contribution >= 0.6 is 0 Å². The first-order chi connectivity index (χ1) is 13.9. The summed E-state index contributed by atoms with van der Waals surface area (Å²) in [4.78, 5) is 0. The molecule has 0 aromatic heterocycles. The zero-order valence-electron chi connectivity index (χ0n) is 18.0. The Morgan fingerprint density at radius 2 is 1.62 bits per heavy atom. The highest BCUT2D eigenvalue weighted by Gasteiger charge is 2.21. The molecular formula is C25H36O4. The van der Waals surface area contributed by atoms with E-state index in [1.807, 2.05) is 24.3 Å². The molecule has 0 saturated carbocycles. The highest BCUT2D eigenvalue weighted by Crippen LogP contribution is 2.28. The van der Waals surface area contributed by atoms with Gasteiger partial charge < -0.3 is 20.1 Å². The summed E-state index contributed by atoms with van der Waals surface area (Å²) in [6, 6.07) is 15.3. The number of benzene rings is 2. The summed E-state index contributed by atoms with van der Waals surface area (Å²) in [7, 11) is 0. The Morgan fingerprint density at radius 1 is 0.931 bits per heavy atom. The van der Waals surface area contributed by atoms with Crippen LogP contribution < -0.4 is 4.74 Å². The third kappa shape index (κ3) is 7.46. The average molecular weight is 401 g/mol. The first-order valence-electron chi connectivity index (χ1n) is 10.8. The van der Waals surface area contributed by atoms with Crippen LogP contribution in [0.2, 0.25) is 0 Å². The number of aliphatic hydroxyl groups is 3. The molecule has 2 aromatic carbocycles. The Bertz CT molecular complexity index is 720. The molecule has 4 nitrogen and oxygen atoms in total. The summed E-state index contributed by atoms with van der Waals surface area (Å²) < 4.78 is 5.92. The number of rotatable bonds is 12. The van der Waals surface area contributed by atoms with Crippen LogP contribution in [0.15, 0.2) is 48.5 Å². The van der Waals surface area contributed by atoms with Gasteiger partial charge in [-0.05, 0) is 54.9 Å². The van der Waals surface area contributed by atoms with Crippen molar-refractivity contribution in [2.45, 2.75) is 83.7 Å². The highest BCUT2D eigenvalue weighted by molar-refractivity contribution is 5.31. The molecule has 2 rings (SSSR count). The normalized spacial score (nSPS) is 12.9. The van der Waals surface area contributed by atoms with E-state index in [1.54, 1.807) is 12.1 Å². The molecule has 4 heteroatoms. The summed E-state index contributed by atoms with van der Waals surface area (Å²) in [5.41, 5.74) is 2.22. The molecule has 0 aliphatic heterocycles.